The van der Waals surface area contributed by atoms with Gasteiger partial charge in [0.25, 0.3) is 0 Å². The number of rotatable bonds is 7. The molecule has 6 aromatic carbocycles. The summed E-state index contributed by atoms with van der Waals surface area (Å²) in [7, 11) is 0. The van der Waals surface area contributed by atoms with Gasteiger partial charge in [-0.3, -0.25) is 9.97 Å². The van der Waals surface area contributed by atoms with Crippen LogP contribution in [0.3, 0.4) is 0 Å². The maximum absolute atomic E-state index is 4.34. The number of aromatic nitrogens is 4. The Morgan fingerprint density at radius 1 is 0.396 bits per heavy atom. The van der Waals surface area contributed by atoms with Crippen molar-refractivity contribution in [3.63, 3.8) is 0 Å². The van der Waals surface area contributed by atoms with Crippen LogP contribution in [0.4, 0.5) is 17.1 Å². The molecule has 5 nitrogen and oxygen atoms in total. The average Bonchev–Trinajstić information content (AvgIpc) is 3.80. The molecule has 4 heterocycles. The highest BCUT2D eigenvalue weighted by Crippen LogP contribution is 2.42. The maximum atomic E-state index is 4.34. The monoisotopic (exact) mass is 679 g/mol. The van der Waals surface area contributed by atoms with Gasteiger partial charge in [-0.1, -0.05) is 72.8 Å². The molecule has 0 saturated carbocycles. The first-order chi connectivity index (χ1) is 26.3. The van der Waals surface area contributed by atoms with Gasteiger partial charge in [0.1, 0.15) is 0 Å². The Kier molecular flexibility index (Phi) is 7.40. The zero-order chi connectivity index (χ0) is 35.1. The summed E-state index contributed by atoms with van der Waals surface area (Å²) in [6.07, 6.45) is 9.61. The number of pyridine rings is 2. The van der Waals surface area contributed by atoms with Crippen LogP contribution in [0.5, 0.6) is 0 Å². The van der Waals surface area contributed by atoms with Crippen molar-refractivity contribution in [3.8, 4) is 33.6 Å². The average molecular weight is 680 g/mol. The Balaban J connectivity index is 1.17. The van der Waals surface area contributed by atoms with Gasteiger partial charge in [-0.25, -0.2) is 0 Å². The van der Waals surface area contributed by atoms with Crippen LogP contribution in [0.1, 0.15) is 0 Å². The molecule has 0 unspecified atom stereocenters. The van der Waals surface area contributed by atoms with E-state index in [4.69, 9.17) is 0 Å². The van der Waals surface area contributed by atoms with E-state index in [0.29, 0.717) is 0 Å². The molecule has 10 rings (SSSR count). The van der Waals surface area contributed by atoms with Gasteiger partial charge < -0.3 is 14.0 Å². The normalized spacial score (nSPS) is 11.4. The minimum atomic E-state index is 1.07. The van der Waals surface area contributed by atoms with Crippen LogP contribution in [-0.2, 0) is 0 Å². The molecule has 0 aliphatic heterocycles. The molecular formula is C48H33N5. The predicted octanol–water partition coefficient (Wildman–Crippen LogP) is 12.3. The second kappa shape index (κ2) is 12.8. The third-order valence-corrected chi connectivity index (χ3v) is 10.1. The van der Waals surface area contributed by atoms with Crippen molar-refractivity contribution in [1.82, 2.24) is 19.1 Å². The van der Waals surface area contributed by atoms with Crippen LogP contribution < -0.4 is 4.90 Å². The van der Waals surface area contributed by atoms with Crippen molar-refractivity contribution in [1.29, 1.82) is 0 Å². The standard InChI is InChI=1S/C48H33N5/c1-3-11-39(12-4-1)51-28-25-36-29-44-45-30-43(23-24-46(45)53(48(44)31-47(36)51)40-13-5-2-6-14-40)52(41-19-15-34(16-20-41)37-9-7-26-49-32-37)42-21-17-35(18-22-42)38-10-8-27-50-33-38/h1-33H. The molecule has 0 spiro atoms. The van der Waals surface area contributed by atoms with Crippen molar-refractivity contribution in [2.45, 2.75) is 0 Å². The van der Waals surface area contributed by atoms with E-state index in [1.165, 1.54) is 27.2 Å². The van der Waals surface area contributed by atoms with E-state index < -0.39 is 0 Å². The van der Waals surface area contributed by atoms with E-state index in [0.717, 1.165) is 56.2 Å². The quantitative estimate of drug-likeness (QED) is 0.168. The molecule has 53 heavy (non-hydrogen) atoms. The molecular weight excluding hydrogens is 647 g/mol. The Labute approximate surface area is 307 Å². The number of para-hydroxylation sites is 2. The Hall–Kier alpha value is -7.24. The van der Waals surface area contributed by atoms with E-state index >= 15 is 0 Å². The van der Waals surface area contributed by atoms with Gasteiger partial charge in [0.2, 0.25) is 0 Å². The van der Waals surface area contributed by atoms with Crippen LogP contribution >= 0.6 is 0 Å². The fourth-order valence-electron chi connectivity index (χ4n) is 7.56. The van der Waals surface area contributed by atoms with Crippen molar-refractivity contribution >= 4 is 49.8 Å². The van der Waals surface area contributed by atoms with Crippen LogP contribution in [0, 0.1) is 0 Å². The minimum Gasteiger partial charge on any atom is -0.316 e. The summed E-state index contributed by atoms with van der Waals surface area (Å²) in [6.45, 7) is 0. The Morgan fingerprint density at radius 3 is 1.55 bits per heavy atom. The SMILES string of the molecule is c1ccc(-n2ccc3cc4c5cc(N(c6ccc(-c7cccnc7)cc6)c6ccc(-c7cccnc7)cc6)ccc5n(-c5ccccc5)c4cc32)cc1. The first-order valence-corrected chi connectivity index (χ1v) is 17.8. The number of benzene rings is 6. The molecule has 250 valence electrons. The van der Waals surface area contributed by atoms with Gasteiger partial charge in [0.05, 0.1) is 16.6 Å². The van der Waals surface area contributed by atoms with Gasteiger partial charge >= 0.3 is 0 Å². The largest absolute Gasteiger partial charge is 0.316 e. The highest BCUT2D eigenvalue weighted by atomic mass is 15.1. The lowest BCUT2D eigenvalue weighted by atomic mass is 10.0. The summed E-state index contributed by atoms with van der Waals surface area (Å²) in [6, 6.07) is 60.7. The number of hydrogen-bond donors (Lipinski definition) is 0. The fourth-order valence-corrected chi connectivity index (χ4v) is 7.56. The minimum absolute atomic E-state index is 1.07. The van der Waals surface area contributed by atoms with Crippen LogP contribution in [-0.4, -0.2) is 19.1 Å². The predicted molar refractivity (Wildman–Crippen MR) is 219 cm³/mol. The van der Waals surface area contributed by atoms with E-state index in [1.54, 1.807) is 0 Å². The molecule has 5 heteroatoms. The van der Waals surface area contributed by atoms with Gasteiger partial charge in [0, 0.05) is 75.6 Å². The van der Waals surface area contributed by atoms with E-state index in [2.05, 4.69) is 188 Å². The molecule has 0 aliphatic carbocycles. The Bertz CT molecular complexity index is 2760. The summed E-state index contributed by atoms with van der Waals surface area (Å²) < 4.78 is 4.67. The fraction of sp³-hybridized carbons (Fsp3) is 0. The first-order valence-electron chi connectivity index (χ1n) is 17.8. The van der Waals surface area contributed by atoms with Crippen LogP contribution in [0.2, 0.25) is 0 Å². The molecule has 4 aromatic heterocycles. The number of anilines is 3. The summed E-state index contributed by atoms with van der Waals surface area (Å²) in [5, 5.41) is 3.61. The summed E-state index contributed by atoms with van der Waals surface area (Å²) in [5.41, 5.74) is 13.4. The molecule has 10 aromatic rings. The van der Waals surface area contributed by atoms with Gasteiger partial charge in [0.15, 0.2) is 0 Å². The van der Waals surface area contributed by atoms with Crippen LogP contribution in [0.15, 0.2) is 201 Å². The third-order valence-electron chi connectivity index (χ3n) is 10.1. The highest BCUT2D eigenvalue weighted by Gasteiger charge is 2.19. The van der Waals surface area contributed by atoms with Crippen LogP contribution in [0.25, 0.3) is 66.3 Å². The van der Waals surface area contributed by atoms with Gasteiger partial charge in [-0.2, -0.15) is 0 Å². The summed E-state index contributed by atoms with van der Waals surface area (Å²) >= 11 is 0. The maximum Gasteiger partial charge on any atom is 0.0562 e. The smallest absolute Gasteiger partial charge is 0.0562 e. The molecule has 0 fully saturated rings. The number of nitrogens with zero attached hydrogens (tertiary/aromatic N) is 5. The highest BCUT2D eigenvalue weighted by molar-refractivity contribution is 6.14. The van der Waals surface area contributed by atoms with E-state index in [-0.39, 0.29) is 0 Å². The van der Waals surface area contributed by atoms with Crippen molar-refractivity contribution in [3.05, 3.63) is 201 Å². The summed E-state index contributed by atoms with van der Waals surface area (Å²) in [5.74, 6) is 0. The van der Waals surface area contributed by atoms with Crippen molar-refractivity contribution in [2.24, 2.45) is 0 Å². The van der Waals surface area contributed by atoms with Gasteiger partial charge in [-0.15, -0.1) is 0 Å². The third kappa shape index (κ3) is 5.43. The van der Waals surface area contributed by atoms with E-state index in [1.807, 2.05) is 36.9 Å². The number of hydrogen-bond acceptors (Lipinski definition) is 3. The second-order valence-corrected chi connectivity index (χ2v) is 13.2. The van der Waals surface area contributed by atoms with Gasteiger partial charge in [-0.05, 0) is 119 Å². The molecule has 0 atom stereocenters. The molecule has 0 bridgehead atoms. The molecule has 0 radical (unpaired) electrons. The topological polar surface area (TPSA) is 38.9 Å². The molecule has 0 aliphatic rings. The lowest BCUT2D eigenvalue weighted by Gasteiger charge is -2.26. The Morgan fingerprint density at radius 2 is 0.962 bits per heavy atom. The summed E-state index contributed by atoms with van der Waals surface area (Å²) in [4.78, 5) is 11.0. The molecule has 0 amide bonds. The number of fused-ring (bicyclic) bond motifs is 4. The second-order valence-electron chi connectivity index (χ2n) is 13.2. The molecule has 0 saturated heterocycles. The van der Waals surface area contributed by atoms with Crippen molar-refractivity contribution in [2.75, 3.05) is 4.90 Å². The lowest BCUT2D eigenvalue weighted by Crippen LogP contribution is -2.10. The first kappa shape index (κ1) is 30.6. The van der Waals surface area contributed by atoms with E-state index in [9.17, 15) is 0 Å². The van der Waals surface area contributed by atoms with Crippen molar-refractivity contribution < 1.29 is 0 Å². The zero-order valence-corrected chi connectivity index (χ0v) is 28.8. The lowest BCUT2D eigenvalue weighted by molar-refractivity contribution is 1.12. The molecule has 0 N–H and O–H groups in total. The zero-order valence-electron chi connectivity index (χ0n) is 28.8.